The summed E-state index contributed by atoms with van der Waals surface area (Å²) in [6, 6.07) is 0. The molecule has 0 heterocycles. The van der Waals surface area contributed by atoms with E-state index in [-0.39, 0.29) is 31.6 Å². The Morgan fingerprint density at radius 2 is 0.705 bits per heavy atom. The van der Waals surface area contributed by atoms with Crippen LogP contribution in [0.5, 0.6) is 0 Å². The van der Waals surface area contributed by atoms with Crippen LogP contribution in [0, 0.1) is 0 Å². The Bertz CT molecular complexity index is 1380. The number of unbranched alkanes of at least 4 members (excludes halogenated alkanes) is 15. The molecule has 6 heteroatoms. The predicted molar refractivity (Wildman–Crippen MR) is 260 cm³/mol. The van der Waals surface area contributed by atoms with E-state index in [0.717, 1.165) is 89.9 Å². The fraction of sp³-hybridized carbons (Fsp3) is 0.545. The number of rotatable bonds is 40. The molecule has 340 valence electrons. The van der Waals surface area contributed by atoms with Crippen LogP contribution in [0.1, 0.15) is 175 Å². The molecule has 6 nitrogen and oxygen atoms in total. The van der Waals surface area contributed by atoms with Crippen LogP contribution in [0.3, 0.4) is 0 Å². The van der Waals surface area contributed by atoms with Crippen LogP contribution < -0.4 is 0 Å². The first-order valence-electron chi connectivity index (χ1n) is 23.8. The highest BCUT2D eigenvalue weighted by molar-refractivity contribution is 5.71. The van der Waals surface area contributed by atoms with Gasteiger partial charge in [0.1, 0.15) is 13.2 Å². The molecule has 0 aliphatic carbocycles. The smallest absolute Gasteiger partial charge is 0.306 e. The Labute approximate surface area is 373 Å². The zero-order valence-electron chi connectivity index (χ0n) is 38.6. The van der Waals surface area contributed by atoms with Gasteiger partial charge in [-0.15, -0.1) is 0 Å². The molecule has 0 aromatic heterocycles. The average molecular weight is 841 g/mol. The van der Waals surface area contributed by atoms with Crippen molar-refractivity contribution >= 4 is 17.9 Å². The lowest BCUT2D eigenvalue weighted by Crippen LogP contribution is -2.30. The fourth-order valence-electron chi connectivity index (χ4n) is 5.79. The Morgan fingerprint density at radius 1 is 0.344 bits per heavy atom. The number of carbonyl (C=O) groups excluding carboxylic acids is 3. The van der Waals surface area contributed by atoms with Gasteiger partial charge in [0.2, 0.25) is 0 Å². The maximum Gasteiger partial charge on any atom is 0.306 e. The number of hydrogen-bond donors (Lipinski definition) is 0. The molecule has 0 saturated heterocycles. The minimum absolute atomic E-state index is 0.125. The Morgan fingerprint density at radius 3 is 1.16 bits per heavy atom. The summed E-state index contributed by atoms with van der Waals surface area (Å²) in [6.07, 6.45) is 67.2. The number of hydrogen-bond acceptors (Lipinski definition) is 6. The molecule has 0 aliphatic heterocycles. The van der Waals surface area contributed by atoms with E-state index in [0.29, 0.717) is 19.3 Å². The zero-order chi connectivity index (χ0) is 44.4. The van der Waals surface area contributed by atoms with Crippen LogP contribution in [0.4, 0.5) is 0 Å². The molecule has 61 heavy (non-hydrogen) atoms. The lowest BCUT2D eigenvalue weighted by Gasteiger charge is -2.18. The Hall–Kier alpha value is -4.45. The van der Waals surface area contributed by atoms with Crippen LogP contribution >= 0.6 is 0 Å². The second kappa shape index (κ2) is 48.2. The third-order valence-corrected chi connectivity index (χ3v) is 9.35. The Balaban J connectivity index is 4.57. The Kier molecular flexibility index (Phi) is 44.7. The van der Waals surface area contributed by atoms with Crippen LogP contribution in [0.25, 0.3) is 0 Å². The highest BCUT2D eigenvalue weighted by atomic mass is 16.6. The summed E-state index contributed by atoms with van der Waals surface area (Å²) < 4.78 is 16.6. The van der Waals surface area contributed by atoms with Crippen molar-refractivity contribution in [2.75, 3.05) is 13.2 Å². The molecule has 0 saturated carbocycles. The molecule has 0 rings (SSSR count). The summed E-state index contributed by atoms with van der Waals surface area (Å²) in [6.45, 7) is 6.25. The average Bonchev–Trinajstić information content (AvgIpc) is 3.26. The highest BCUT2D eigenvalue weighted by Crippen LogP contribution is 2.12. The molecule has 0 aromatic carbocycles. The van der Waals surface area contributed by atoms with Crippen molar-refractivity contribution < 1.29 is 28.6 Å². The highest BCUT2D eigenvalue weighted by Gasteiger charge is 2.19. The van der Waals surface area contributed by atoms with Gasteiger partial charge in [-0.1, -0.05) is 212 Å². The third-order valence-electron chi connectivity index (χ3n) is 9.35. The topological polar surface area (TPSA) is 78.9 Å². The monoisotopic (exact) mass is 841 g/mol. The first-order valence-corrected chi connectivity index (χ1v) is 23.8. The van der Waals surface area contributed by atoms with Crippen molar-refractivity contribution in [1.29, 1.82) is 0 Å². The van der Waals surface area contributed by atoms with Gasteiger partial charge in [-0.05, 0) is 77.0 Å². The number of esters is 3. The van der Waals surface area contributed by atoms with Gasteiger partial charge in [-0.25, -0.2) is 0 Å². The van der Waals surface area contributed by atoms with Crippen molar-refractivity contribution in [3.63, 3.8) is 0 Å². The maximum absolute atomic E-state index is 12.7. The van der Waals surface area contributed by atoms with Gasteiger partial charge in [0.25, 0.3) is 0 Å². The third kappa shape index (κ3) is 46.5. The molecule has 0 spiro atoms. The van der Waals surface area contributed by atoms with Crippen LogP contribution in [-0.4, -0.2) is 37.2 Å². The van der Waals surface area contributed by atoms with Gasteiger partial charge in [0, 0.05) is 19.3 Å². The molecule has 0 fully saturated rings. The normalized spacial score (nSPS) is 13.3. The van der Waals surface area contributed by atoms with Crippen molar-refractivity contribution in [2.45, 2.75) is 181 Å². The number of carbonyl (C=O) groups is 3. The minimum atomic E-state index is -0.833. The number of ether oxygens (including phenoxy) is 3. The van der Waals surface area contributed by atoms with Gasteiger partial charge in [0.05, 0.1) is 0 Å². The van der Waals surface area contributed by atoms with Gasteiger partial charge in [-0.3, -0.25) is 14.4 Å². The summed E-state index contributed by atoms with van der Waals surface area (Å²) >= 11 is 0. The molecule has 0 bridgehead atoms. The first kappa shape index (κ1) is 56.5. The van der Waals surface area contributed by atoms with E-state index in [2.05, 4.69) is 63.3 Å². The lowest BCUT2D eigenvalue weighted by atomic mass is 10.1. The molecule has 1 unspecified atom stereocenters. The molecule has 0 aromatic rings. The van der Waals surface area contributed by atoms with Gasteiger partial charge in [-0.2, -0.15) is 0 Å². The van der Waals surface area contributed by atoms with E-state index < -0.39 is 12.1 Å². The summed E-state index contributed by atoms with van der Waals surface area (Å²) in [5.74, 6) is -1.05. The minimum Gasteiger partial charge on any atom is -0.462 e. The second-order valence-corrected chi connectivity index (χ2v) is 15.2. The predicted octanol–water partition coefficient (Wildman–Crippen LogP) is 15.5. The molecule has 0 amide bonds. The molecule has 0 N–H and O–H groups in total. The molecule has 0 radical (unpaired) electrons. The molecular weight excluding hydrogens is 757 g/mol. The zero-order valence-corrected chi connectivity index (χ0v) is 38.6. The van der Waals surface area contributed by atoms with Crippen molar-refractivity contribution in [1.82, 2.24) is 0 Å². The van der Waals surface area contributed by atoms with E-state index in [1.54, 1.807) is 0 Å². The van der Waals surface area contributed by atoms with Gasteiger partial charge >= 0.3 is 17.9 Å². The van der Waals surface area contributed by atoms with Crippen LogP contribution in [0.15, 0.2) is 134 Å². The van der Waals surface area contributed by atoms with Gasteiger partial charge < -0.3 is 14.2 Å². The van der Waals surface area contributed by atoms with E-state index in [9.17, 15) is 14.4 Å². The quantitative estimate of drug-likeness (QED) is 0.0201. The standard InChI is InChI=1S/C55H84O6/c1-4-7-10-13-16-19-22-25-26-27-28-29-31-33-36-39-42-45-48-54(57)60-51-52(50-59-53(56)47-44-41-38-35-32-24-21-18-15-12-9-6-3)61-55(58)49-46-43-40-37-34-30-23-20-17-14-11-8-5-2/h8,10-11,13-14,16-23,25-30,34,37,40,52H,4-7,9,12,15,24,31-33,35-36,38-39,41-51H2,1-3H3/b11-8-,13-10-,17-14-,19-16-,21-18-,23-20-,25-22-,27-26-,29-28-,34-30-,40-37-. The van der Waals surface area contributed by atoms with Crippen molar-refractivity contribution in [2.24, 2.45) is 0 Å². The van der Waals surface area contributed by atoms with Crippen molar-refractivity contribution in [3.05, 3.63) is 134 Å². The lowest BCUT2D eigenvalue weighted by molar-refractivity contribution is -0.167. The summed E-state index contributed by atoms with van der Waals surface area (Å²) in [7, 11) is 0. The van der Waals surface area contributed by atoms with E-state index in [1.807, 2.05) is 91.1 Å². The second-order valence-electron chi connectivity index (χ2n) is 15.2. The largest absolute Gasteiger partial charge is 0.462 e. The fourth-order valence-corrected chi connectivity index (χ4v) is 5.79. The van der Waals surface area contributed by atoms with E-state index in [1.165, 1.54) is 38.5 Å². The summed E-state index contributed by atoms with van der Waals surface area (Å²) in [5, 5.41) is 0. The molecule has 0 aliphatic rings. The van der Waals surface area contributed by atoms with Gasteiger partial charge in [0.15, 0.2) is 6.10 Å². The SMILES string of the molecule is CC\C=C/C=C\C=C/C=C\C=C/CCCC(=O)OC(COC(=O)CCCCCCC\C=C/C=C\C=C/C=C\C=C/CCC)COC(=O)CCCCCCC/C=C\CCCCC. The van der Waals surface area contributed by atoms with Crippen LogP contribution in [-0.2, 0) is 28.6 Å². The summed E-state index contributed by atoms with van der Waals surface area (Å²) in [5.41, 5.74) is 0. The van der Waals surface area contributed by atoms with Crippen LogP contribution in [0.2, 0.25) is 0 Å². The number of allylic oxidation sites excluding steroid dienone is 22. The molecular formula is C55H84O6. The van der Waals surface area contributed by atoms with E-state index >= 15 is 0 Å². The maximum atomic E-state index is 12.7. The van der Waals surface area contributed by atoms with E-state index in [4.69, 9.17) is 14.2 Å². The first-order chi connectivity index (χ1) is 30.0. The summed E-state index contributed by atoms with van der Waals surface area (Å²) in [4.78, 5) is 37.8. The van der Waals surface area contributed by atoms with Crippen molar-refractivity contribution in [3.8, 4) is 0 Å². The molecule has 1 atom stereocenters.